The van der Waals surface area contributed by atoms with Crippen molar-refractivity contribution < 1.29 is 0 Å². The van der Waals surface area contributed by atoms with Crippen molar-refractivity contribution in [2.75, 3.05) is 18.0 Å². The molecule has 0 atom stereocenters. The van der Waals surface area contributed by atoms with Gasteiger partial charge in [-0.25, -0.2) is 0 Å². The predicted octanol–water partition coefficient (Wildman–Crippen LogP) is 4.80. The number of benzene rings is 2. The summed E-state index contributed by atoms with van der Waals surface area (Å²) in [4.78, 5) is 2.54. The lowest BCUT2D eigenvalue weighted by Crippen LogP contribution is -2.29. The number of anilines is 1. The maximum absolute atomic E-state index is 2.54. The third kappa shape index (κ3) is 2.01. The molecule has 0 aliphatic carbocycles. The van der Waals surface area contributed by atoms with Gasteiger partial charge in [0.2, 0.25) is 0 Å². The molecule has 2 nitrogen and oxygen atoms in total. The van der Waals surface area contributed by atoms with Crippen LogP contribution in [-0.2, 0) is 6.54 Å². The van der Waals surface area contributed by atoms with Crippen LogP contribution in [0.5, 0.6) is 0 Å². The lowest BCUT2D eigenvalue weighted by molar-refractivity contribution is 0.578. The first-order valence-electron chi connectivity index (χ1n) is 8.14. The van der Waals surface area contributed by atoms with Gasteiger partial charge in [0.25, 0.3) is 0 Å². The summed E-state index contributed by atoms with van der Waals surface area (Å²) in [6.45, 7) is 5.66. The highest BCUT2D eigenvalue weighted by Gasteiger charge is 2.14. The van der Waals surface area contributed by atoms with Crippen molar-refractivity contribution in [2.24, 2.45) is 0 Å². The van der Waals surface area contributed by atoms with E-state index in [-0.39, 0.29) is 0 Å². The Morgan fingerprint density at radius 1 is 0.857 bits per heavy atom. The number of hydrogen-bond acceptors (Lipinski definition) is 1. The molecule has 1 fully saturated rings. The van der Waals surface area contributed by atoms with Gasteiger partial charge in [0, 0.05) is 47.1 Å². The number of fused-ring (bicyclic) bond motifs is 3. The van der Waals surface area contributed by atoms with Gasteiger partial charge in [-0.05, 0) is 50.5 Å². The second-order valence-electron chi connectivity index (χ2n) is 6.01. The van der Waals surface area contributed by atoms with Gasteiger partial charge < -0.3 is 9.47 Å². The van der Waals surface area contributed by atoms with E-state index in [0.717, 1.165) is 6.54 Å². The van der Waals surface area contributed by atoms with Crippen molar-refractivity contribution in [3.8, 4) is 0 Å². The monoisotopic (exact) mass is 278 g/mol. The summed E-state index contributed by atoms with van der Waals surface area (Å²) in [6.07, 6.45) is 4.04. The highest BCUT2D eigenvalue weighted by Crippen LogP contribution is 2.32. The summed E-state index contributed by atoms with van der Waals surface area (Å²) in [5.74, 6) is 0. The molecule has 0 spiro atoms. The molecule has 1 aliphatic rings. The third-order valence-corrected chi connectivity index (χ3v) is 4.79. The molecule has 3 aromatic rings. The fourth-order valence-electron chi connectivity index (χ4n) is 3.73. The molecule has 1 aliphatic heterocycles. The van der Waals surface area contributed by atoms with Crippen LogP contribution in [0.15, 0.2) is 42.5 Å². The Morgan fingerprint density at radius 3 is 2.43 bits per heavy atom. The summed E-state index contributed by atoms with van der Waals surface area (Å²) in [7, 11) is 0. The SMILES string of the molecule is CCn1c2ccccc2c2cc(N3CCCCC3)ccc21. The quantitative estimate of drug-likeness (QED) is 0.653. The van der Waals surface area contributed by atoms with Gasteiger partial charge in [0.1, 0.15) is 0 Å². The Balaban J connectivity index is 1.92. The van der Waals surface area contributed by atoms with Crippen LogP contribution in [0.4, 0.5) is 5.69 Å². The standard InChI is InChI=1S/C19H22N2/c1-2-21-18-9-5-4-8-16(18)17-14-15(10-11-19(17)21)20-12-6-3-7-13-20/h4-5,8-11,14H,2-3,6-7,12-13H2,1H3. The molecule has 0 amide bonds. The van der Waals surface area contributed by atoms with E-state index in [1.807, 2.05) is 0 Å². The Labute approximate surface area is 126 Å². The van der Waals surface area contributed by atoms with Crippen molar-refractivity contribution in [1.29, 1.82) is 0 Å². The minimum atomic E-state index is 1.02. The molecule has 0 radical (unpaired) electrons. The predicted molar refractivity (Wildman–Crippen MR) is 91.2 cm³/mol. The number of hydrogen-bond donors (Lipinski definition) is 0. The minimum absolute atomic E-state index is 1.02. The smallest absolute Gasteiger partial charge is 0.0492 e. The number of aryl methyl sites for hydroxylation is 1. The summed E-state index contributed by atoms with van der Waals surface area (Å²) in [5.41, 5.74) is 4.10. The van der Waals surface area contributed by atoms with Crippen LogP contribution in [0.2, 0.25) is 0 Å². The zero-order valence-electron chi connectivity index (χ0n) is 12.7. The number of piperidine rings is 1. The van der Waals surface area contributed by atoms with E-state index in [4.69, 9.17) is 0 Å². The molecule has 0 unspecified atom stereocenters. The molecular formula is C19H22N2. The van der Waals surface area contributed by atoms with E-state index in [1.54, 1.807) is 0 Å². The molecule has 0 N–H and O–H groups in total. The van der Waals surface area contributed by atoms with Crippen molar-refractivity contribution in [3.05, 3.63) is 42.5 Å². The molecule has 0 saturated carbocycles. The van der Waals surface area contributed by atoms with Gasteiger partial charge >= 0.3 is 0 Å². The average molecular weight is 278 g/mol. The van der Waals surface area contributed by atoms with Crippen LogP contribution in [0, 0.1) is 0 Å². The third-order valence-electron chi connectivity index (χ3n) is 4.79. The average Bonchev–Trinajstić information content (AvgIpc) is 2.88. The van der Waals surface area contributed by atoms with Gasteiger partial charge in [0.05, 0.1) is 0 Å². The molecule has 0 bridgehead atoms. The topological polar surface area (TPSA) is 8.17 Å². The second-order valence-corrected chi connectivity index (χ2v) is 6.01. The van der Waals surface area contributed by atoms with Crippen LogP contribution in [0.3, 0.4) is 0 Å². The first-order valence-corrected chi connectivity index (χ1v) is 8.14. The highest BCUT2D eigenvalue weighted by molar-refractivity contribution is 6.09. The van der Waals surface area contributed by atoms with Crippen LogP contribution in [0.25, 0.3) is 21.8 Å². The van der Waals surface area contributed by atoms with Crippen molar-refractivity contribution in [3.63, 3.8) is 0 Å². The molecule has 1 aromatic heterocycles. The van der Waals surface area contributed by atoms with Gasteiger partial charge in [-0.15, -0.1) is 0 Å². The van der Waals surface area contributed by atoms with E-state index in [1.165, 1.54) is 59.8 Å². The number of nitrogens with zero attached hydrogens (tertiary/aromatic N) is 2. The Hall–Kier alpha value is -1.96. The number of aromatic nitrogens is 1. The molecule has 2 heteroatoms. The van der Waals surface area contributed by atoms with E-state index < -0.39 is 0 Å². The van der Waals surface area contributed by atoms with Gasteiger partial charge in [0.15, 0.2) is 0 Å². The molecule has 108 valence electrons. The van der Waals surface area contributed by atoms with Crippen LogP contribution >= 0.6 is 0 Å². The van der Waals surface area contributed by atoms with Crippen LogP contribution in [0.1, 0.15) is 26.2 Å². The largest absolute Gasteiger partial charge is 0.372 e. The van der Waals surface area contributed by atoms with Crippen molar-refractivity contribution >= 4 is 27.5 Å². The van der Waals surface area contributed by atoms with Gasteiger partial charge in [-0.3, -0.25) is 0 Å². The highest BCUT2D eigenvalue weighted by atomic mass is 15.1. The molecule has 2 heterocycles. The first-order chi connectivity index (χ1) is 10.4. The van der Waals surface area contributed by atoms with Gasteiger partial charge in [-0.1, -0.05) is 18.2 Å². The van der Waals surface area contributed by atoms with E-state index in [9.17, 15) is 0 Å². The normalized spacial score (nSPS) is 16.0. The summed E-state index contributed by atoms with van der Waals surface area (Å²) in [5, 5.41) is 2.78. The number of para-hydroxylation sites is 1. The Kier molecular flexibility index (Phi) is 3.10. The van der Waals surface area contributed by atoms with Crippen LogP contribution in [-0.4, -0.2) is 17.7 Å². The number of rotatable bonds is 2. The summed E-state index contributed by atoms with van der Waals surface area (Å²) >= 11 is 0. The maximum Gasteiger partial charge on any atom is 0.0492 e. The van der Waals surface area contributed by atoms with E-state index in [0.29, 0.717) is 0 Å². The minimum Gasteiger partial charge on any atom is -0.372 e. The summed E-state index contributed by atoms with van der Waals surface area (Å²) in [6, 6.07) is 15.8. The van der Waals surface area contributed by atoms with Crippen LogP contribution < -0.4 is 4.90 Å². The molecule has 2 aromatic carbocycles. The molecule has 21 heavy (non-hydrogen) atoms. The fourth-order valence-corrected chi connectivity index (χ4v) is 3.73. The van der Waals surface area contributed by atoms with Crippen molar-refractivity contribution in [2.45, 2.75) is 32.7 Å². The molecule has 1 saturated heterocycles. The fraction of sp³-hybridized carbons (Fsp3) is 0.368. The molecular weight excluding hydrogens is 256 g/mol. The Morgan fingerprint density at radius 2 is 1.62 bits per heavy atom. The van der Waals surface area contributed by atoms with E-state index >= 15 is 0 Å². The zero-order chi connectivity index (χ0) is 14.2. The zero-order valence-corrected chi connectivity index (χ0v) is 12.7. The van der Waals surface area contributed by atoms with Gasteiger partial charge in [-0.2, -0.15) is 0 Å². The lowest BCUT2D eigenvalue weighted by atomic mass is 10.1. The lowest BCUT2D eigenvalue weighted by Gasteiger charge is -2.28. The van der Waals surface area contributed by atoms with Crippen molar-refractivity contribution in [1.82, 2.24) is 4.57 Å². The van der Waals surface area contributed by atoms with E-state index in [2.05, 4.69) is 58.9 Å². The summed E-state index contributed by atoms with van der Waals surface area (Å²) < 4.78 is 2.42. The Bertz CT molecular complexity index is 779. The molecule has 4 rings (SSSR count). The second kappa shape index (κ2) is 5.10. The maximum atomic E-state index is 2.54. The first kappa shape index (κ1) is 12.8.